The van der Waals surface area contributed by atoms with Gasteiger partial charge in [-0.25, -0.2) is 0 Å². The second kappa shape index (κ2) is 6.81. The first-order chi connectivity index (χ1) is 8.26. The summed E-state index contributed by atoms with van der Waals surface area (Å²) in [5, 5.41) is 0. The smallest absolute Gasteiger partial charge is 0.164 e. The van der Waals surface area contributed by atoms with E-state index in [-0.39, 0.29) is 0 Å². The Balaban J connectivity index is 3.09. The van der Waals surface area contributed by atoms with Crippen LogP contribution in [-0.4, -0.2) is 27.9 Å². The first-order valence-electron chi connectivity index (χ1n) is 5.43. The van der Waals surface area contributed by atoms with Gasteiger partial charge in [0.25, 0.3) is 0 Å². The first-order valence-corrected chi connectivity index (χ1v) is 5.43. The van der Waals surface area contributed by atoms with Crippen molar-refractivity contribution in [1.82, 2.24) is 0 Å². The lowest BCUT2D eigenvalue weighted by atomic mass is 10.1. The van der Waals surface area contributed by atoms with Crippen LogP contribution in [-0.2, 0) is 0 Å². The Hall–Kier alpha value is -1.68. The predicted molar refractivity (Wildman–Crippen MR) is 68.8 cm³/mol. The summed E-state index contributed by atoms with van der Waals surface area (Å²) in [6, 6.07) is 3.69. The summed E-state index contributed by atoms with van der Waals surface area (Å²) in [7, 11) is 4.83. The molecule has 0 saturated heterocycles. The zero-order valence-corrected chi connectivity index (χ0v) is 10.5. The van der Waals surface area contributed by atoms with Gasteiger partial charge < -0.3 is 19.9 Å². The normalized spacial score (nSPS) is 10.6. The number of hydrogen-bond donors (Lipinski definition) is 1. The number of nitrogens with two attached hydrogens (primary N) is 1. The Morgan fingerprint density at radius 2 is 1.59 bits per heavy atom. The highest BCUT2D eigenvalue weighted by atomic mass is 16.5. The largest absolute Gasteiger partial charge is 0.496 e. The molecular weight excluding hydrogens is 218 g/mol. The molecule has 2 N–H and O–H groups in total. The van der Waals surface area contributed by atoms with Crippen molar-refractivity contribution >= 4 is 6.08 Å². The molecule has 1 aromatic carbocycles. The number of benzene rings is 1. The Labute approximate surface area is 102 Å². The van der Waals surface area contributed by atoms with Crippen LogP contribution < -0.4 is 19.9 Å². The van der Waals surface area contributed by atoms with Crippen molar-refractivity contribution in [3.05, 3.63) is 23.8 Å². The quantitative estimate of drug-likeness (QED) is 0.823. The van der Waals surface area contributed by atoms with Gasteiger partial charge in [-0.05, 0) is 19.0 Å². The Bertz CT molecular complexity index is 388. The van der Waals surface area contributed by atoms with E-state index in [1.54, 1.807) is 27.4 Å². The van der Waals surface area contributed by atoms with E-state index in [1.807, 2.05) is 18.2 Å². The third kappa shape index (κ3) is 3.39. The van der Waals surface area contributed by atoms with Crippen LogP contribution in [0.25, 0.3) is 6.08 Å². The topological polar surface area (TPSA) is 53.7 Å². The summed E-state index contributed by atoms with van der Waals surface area (Å²) in [6.07, 6.45) is 4.80. The molecule has 0 aliphatic heterocycles. The molecule has 0 heterocycles. The van der Waals surface area contributed by atoms with E-state index in [4.69, 9.17) is 19.9 Å². The third-order valence-electron chi connectivity index (χ3n) is 2.37. The fourth-order valence-electron chi connectivity index (χ4n) is 1.49. The van der Waals surface area contributed by atoms with Crippen LogP contribution in [0.5, 0.6) is 17.2 Å². The third-order valence-corrected chi connectivity index (χ3v) is 2.37. The Kier molecular flexibility index (Phi) is 5.36. The van der Waals surface area contributed by atoms with Crippen molar-refractivity contribution in [3.8, 4) is 17.2 Å². The van der Waals surface area contributed by atoms with Crippen molar-refractivity contribution in [2.45, 2.75) is 6.42 Å². The summed E-state index contributed by atoms with van der Waals surface area (Å²) < 4.78 is 15.8. The minimum Gasteiger partial charge on any atom is -0.496 e. The van der Waals surface area contributed by atoms with Gasteiger partial charge in [-0.1, -0.05) is 12.2 Å². The van der Waals surface area contributed by atoms with E-state index in [2.05, 4.69) is 0 Å². The van der Waals surface area contributed by atoms with Gasteiger partial charge in [0.05, 0.1) is 21.3 Å². The molecule has 0 bridgehead atoms. The first kappa shape index (κ1) is 13.4. The zero-order chi connectivity index (χ0) is 12.7. The molecule has 94 valence electrons. The molecule has 0 saturated carbocycles. The average molecular weight is 237 g/mol. The van der Waals surface area contributed by atoms with Crippen LogP contribution in [0.2, 0.25) is 0 Å². The summed E-state index contributed by atoms with van der Waals surface area (Å²) in [5.74, 6) is 2.08. The molecular formula is C13H19NO3. The second-order valence-electron chi connectivity index (χ2n) is 3.43. The van der Waals surface area contributed by atoms with Gasteiger partial charge in [0.2, 0.25) is 0 Å². The monoisotopic (exact) mass is 237 g/mol. The van der Waals surface area contributed by atoms with Gasteiger partial charge in [-0.15, -0.1) is 0 Å². The van der Waals surface area contributed by atoms with Crippen molar-refractivity contribution < 1.29 is 14.2 Å². The molecule has 17 heavy (non-hydrogen) atoms. The lowest BCUT2D eigenvalue weighted by Gasteiger charge is -2.12. The average Bonchev–Trinajstić information content (AvgIpc) is 2.38. The van der Waals surface area contributed by atoms with Gasteiger partial charge in [0, 0.05) is 11.6 Å². The molecule has 1 rings (SSSR count). The predicted octanol–water partition coefficient (Wildman–Crippen LogP) is 2.07. The number of hydrogen-bond acceptors (Lipinski definition) is 4. The molecule has 0 atom stereocenters. The van der Waals surface area contributed by atoms with Crippen LogP contribution in [0.3, 0.4) is 0 Å². The molecule has 4 heteroatoms. The number of rotatable bonds is 6. The highest BCUT2D eigenvalue weighted by molar-refractivity contribution is 5.63. The second-order valence-corrected chi connectivity index (χ2v) is 3.43. The molecule has 1 aromatic rings. The molecule has 0 aliphatic rings. The van der Waals surface area contributed by atoms with E-state index in [0.29, 0.717) is 18.0 Å². The van der Waals surface area contributed by atoms with Crippen molar-refractivity contribution in [3.63, 3.8) is 0 Å². The van der Waals surface area contributed by atoms with Crippen molar-refractivity contribution in [1.29, 1.82) is 0 Å². The van der Waals surface area contributed by atoms with Gasteiger partial charge in [-0.3, -0.25) is 0 Å². The molecule has 0 aromatic heterocycles. The molecule has 4 nitrogen and oxygen atoms in total. The molecule has 0 aliphatic carbocycles. The van der Waals surface area contributed by atoms with Crippen LogP contribution in [0.1, 0.15) is 12.0 Å². The van der Waals surface area contributed by atoms with E-state index < -0.39 is 0 Å². The molecule has 0 radical (unpaired) electrons. The SMILES string of the molecule is COc1cc(OC)c(OC)cc1/C=C/CCN. The molecule has 0 spiro atoms. The Morgan fingerprint density at radius 1 is 1.00 bits per heavy atom. The van der Waals surface area contributed by atoms with Crippen molar-refractivity contribution in [2.24, 2.45) is 5.73 Å². The van der Waals surface area contributed by atoms with Gasteiger partial charge >= 0.3 is 0 Å². The van der Waals surface area contributed by atoms with E-state index in [0.717, 1.165) is 17.7 Å². The highest BCUT2D eigenvalue weighted by Gasteiger charge is 2.09. The highest BCUT2D eigenvalue weighted by Crippen LogP contribution is 2.35. The summed E-state index contributed by atoms with van der Waals surface area (Å²) in [4.78, 5) is 0. The minimum atomic E-state index is 0.631. The Morgan fingerprint density at radius 3 is 2.12 bits per heavy atom. The fourth-order valence-corrected chi connectivity index (χ4v) is 1.49. The van der Waals surface area contributed by atoms with E-state index >= 15 is 0 Å². The summed E-state index contributed by atoms with van der Waals surface area (Å²) in [6.45, 7) is 0.631. The summed E-state index contributed by atoms with van der Waals surface area (Å²) in [5.41, 5.74) is 6.38. The van der Waals surface area contributed by atoms with Gasteiger partial charge in [0.15, 0.2) is 11.5 Å². The van der Waals surface area contributed by atoms with Crippen LogP contribution >= 0.6 is 0 Å². The van der Waals surface area contributed by atoms with Crippen LogP contribution in [0.4, 0.5) is 0 Å². The maximum Gasteiger partial charge on any atom is 0.164 e. The van der Waals surface area contributed by atoms with Gasteiger partial charge in [-0.2, -0.15) is 0 Å². The maximum absolute atomic E-state index is 5.44. The van der Waals surface area contributed by atoms with Crippen molar-refractivity contribution in [2.75, 3.05) is 27.9 Å². The summed E-state index contributed by atoms with van der Waals surface area (Å²) >= 11 is 0. The molecule has 0 unspecified atom stereocenters. The van der Waals surface area contributed by atoms with E-state index in [9.17, 15) is 0 Å². The maximum atomic E-state index is 5.44. The lowest BCUT2D eigenvalue weighted by Crippen LogP contribution is -1.96. The minimum absolute atomic E-state index is 0.631. The molecule has 0 amide bonds. The van der Waals surface area contributed by atoms with E-state index in [1.165, 1.54) is 0 Å². The van der Waals surface area contributed by atoms with Crippen LogP contribution in [0, 0.1) is 0 Å². The fraction of sp³-hybridized carbons (Fsp3) is 0.385. The van der Waals surface area contributed by atoms with Crippen LogP contribution in [0.15, 0.2) is 18.2 Å². The zero-order valence-electron chi connectivity index (χ0n) is 10.5. The number of methoxy groups -OCH3 is 3. The molecule has 0 fully saturated rings. The lowest BCUT2D eigenvalue weighted by molar-refractivity contribution is 0.348. The van der Waals surface area contributed by atoms with Gasteiger partial charge in [0.1, 0.15) is 5.75 Å². The number of ether oxygens (including phenoxy) is 3. The standard InChI is InChI=1S/C13H19NO3/c1-15-11-9-13(17-3)12(16-2)8-10(11)6-4-5-7-14/h4,6,8-9H,5,7,14H2,1-3H3/b6-4+.